The fraction of sp³-hybridized carbons (Fsp3) is 0.478. The number of H-pyrrole nitrogens is 1. The number of anilines is 1. The molecule has 6 heteroatoms. The van der Waals surface area contributed by atoms with Crippen molar-refractivity contribution in [1.29, 1.82) is 0 Å². The van der Waals surface area contributed by atoms with Crippen LogP contribution in [0.15, 0.2) is 24.3 Å². The monoisotopic (exact) mass is 397 g/mol. The van der Waals surface area contributed by atoms with E-state index < -0.39 is 5.97 Å². The number of benzene rings is 1. The minimum atomic E-state index is -0.410. The number of aromatic amines is 1. The van der Waals surface area contributed by atoms with Crippen LogP contribution in [0, 0.1) is 13.8 Å². The molecule has 0 radical (unpaired) electrons. The number of nitrogens with one attached hydrogen (secondary N) is 2. The van der Waals surface area contributed by atoms with E-state index in [1.807, 2.05) is 12.1 Å². The van der Waals surface area contributed by atoms with E-state index in [0.29, 0.717) is 22.5 Å². The van der Waals surface area contributed by atoms with Gasteiger partial charge in [-0.15, -0.1) is 0 Å². The lowest BCUT2D eigenvalue weighted by atomic mass is 10.1. The zero-order valence-electron chi connectivity index (χ0n) is 17.8. The molecule has 1 aromatic heterocycles. The molecule has 1 fully saturated rings. The molecule has 0 unspecified atom stereocenters. The predicted octanol–water partition coefficient (Wildman–Crippen LogP) is 4.09. The fourth-order valence-electron chi connectivity index (χ4n) is 3.80. The van der Waals surface area contributed by atoms with Crippen molar-refractivity contribution in [3.8, 4) is 0 Å². The molecule has 1 aromatic carbocycles. The van der Waals surface area contributed by atoms with E-state index in [4.69, 9.17) is 4.74 Å². The second kappa shape index (κ2) is 9.27. The van der Waals surface area contributed by atoms with Gasteiger partial charge in [0.1, 0.15) is 5.69 Å². The maximum Gasteiger partial charge on any atom is 0.340 e. The van der Waals surface area contributed by atoms with Gasteiger partial charge in [-0.05, 0) is 83.3 Å². The molecule has 2 aromatic rings. The number of carbonyl (C=O) groups excluding carboxylic acids is 2. The van der Waals surface area contributed by atoms with Gasteiger partial charge in [0.2, 0.25) is 0 Å². The molecule has 2 N–H and O–H groups in total. The van der Waals surface area contributed by atoms with Gasteiger partial charge in [-0.3, -0.25) is 4.79 Å². The van der Waals surface area contributed by atoms with E-state index in [-0.39, 0.29) is 12.0 Å². The fourth-order valence-corrected chi connectivity index (χ4v) is 3.80. The molecule has 0 aliphatic carbocycles. The maximum absolute atomic E-state index is 12.7. The van der Waals surface area contributed by atoms with Gasteiger partial charge in [0, 0.05) is 17.9 Å². The summed E-state index contributed by atoms with van der Waals surface area (Å²) in [5.74, 6) is -0.674. The van der Waals surface area contributed by atoms with Gasteiger partial charge in [0.25, 0.3) is 5.91 Å². The van der Waals surface area contributed by atoms with Crippen LogP contribution in [-0.2, 0) is 11.2 Å². The Morgan fingerprint density at radius 3 is 2.41 bits per heavy atom. The molecule has 156 valence electrons. The Morgan fingerprint density at radius 2 is 1.79 bits per heavy atom. The first-order valence-electron chi connectivity index (χ1n) is 10.4. The highest BCUT2D eigenvalue weighted by Crippen LogP contribution is 2.21. The van der Waals surface area contributed by atoms with Crippen molar-refractivity contribution >= 4 is 17.6 Å². The number of amides is 1. The van der Waals surface area contributed by atoms with E-state index >= 15 is 0 Å². The molecule has 0 spiro atoms. The summed E-state index contributed by atoms with van der Waals surface area (Å²) in [5.41, 5.74) is 4.05. The molecule has 29 heavy (non-hydrogen) atoms. The first-order chi connectivity index (χ1) is 13.8. The number of aryl methyl sites for hydroxylation is 1. The quantitative estimate of drug-likeness (QED) is 0.690. The number of carbonyl (C=O) groups is 2. The molecule has 0 atom stereocenters. The van der Waals surface area contributed by atoms with E-state index in [1.54, 1.807) is 27.7 Å². The minimum Gasteiger partial charge on any atom is -0.459 e. The van der Waals surface area contributed by atoms with Crippen molar-refractivity contribution in [2.45, 2.75) is 53.1 Å². The van der Waals surface area contributed by atoms with Crippen molar-refractivity contribution in [3.05, 3.63) is 52.3 Å². The van der Waals surface area contributed by atoms with E-state index in [1.165, 1.54) is 31.5 Å². The molecule has 1 aliphatic heterocycles. The van der Waals surface area contributed by atoms with Crippen LogP contribution >= 0.6 is 0 Å². The van der Waals surface area contributed by atoms with Crippen LogP contribution in [0.2, 0.25) is 0 Å². The number of aromatic nitrogens is 1. The Bertz CT molecular complexity index is 862. The number of ether oxygens (including phenoxy) is 1. The van der Waals surface area contributed by atoms with Crippen LogP contribution in [0.1, 0.15) is 64.4 Å². The lowest BCUT2D eigenvalue weighted by molar-refractivity contribution is 0.0376. The van der Waals surface area contributed by atoms with E-state index in [0.717, 1.165) is 18.7 Å². The van der Waals surface area contributed by atoms with Gasteiger partial charge in [-0.1, -0.05) is 12.1 Å². The summed E-state index contributed by atoms with van der Waals surface area (Å²) in [5, 5.41) is 2.91. The van der Waals surface area contributed by atoms with E-state index in [2.05, 4.69) is 27.3 Å². The molecule has 6 nitrogen and oxygen atoms in total. The predicted molar refractivity (Wildman–Crippen MR) is 115 cm³/mol. The van der Waals surface area contributed by atoms with Crippen LogP contribution in [0.4, 0.5) is 5.69 Å². The molecular formula is C23H31N3O3. The molecule has 0 saturated carbocycles. The van der Waals surface area contributed by atoms with Crippen molar-refractivity contribution in [1.82, 2.24) is 9.88 Å². The zero-order valence-corrected chi connectivity index (χ0v) is 17.8. The number of nitrogens with zero attached hydrogens (tertiary/aromatic N) is 1. The van der Waals surface area contributed by atoms with Crippen LogP contribution in [0.5, 0.6) is 0 Å². The lowest BCUT2D eigenvalue weighted by Crippen LogP contribution is -2.21. The first kappa shape index (κ1) is 21.1. The molecular weight excluding hydrogens is 366 g/mol. The molecule has 0 bridgehead atoms. The molecule has 1 aliphatic rings. The largest absolute Gasteiger partial charge is 0.459 e. The third-order valence-corrected chi connectivity index (χ3v) is 5.34. The number of hydrogen-bond acceptors (Lipinski definition) is 4. The summed E-state index contributed by atoms with van der Waals surface area (Å²) >= 11 is 0. The third kappa shape index (κ3) is 5.26. The van der Waals surface area contributed by atoms with Gasteiger partial charge in [-0.2, -0.15) is 0 Å². The average molecular weight is 398 g/mol. The SMILES string of the molecule is Cc1[nH]c(C(=O)Nc2ccc(CCN3CCCC3)cc2)c(C)c1C(=O)OC(C)C. The Labute approximate surface area is 172 Å². The van der Waals surface area contributed by atoms with Crippen molar-refractivity contribution < 1.29 is 14.3 Å². The van der Waals surface area contributed by atoms with Gasteiger partial charge in [-0.25, -0.2) is 4.79 Å². The Hall–Kier alpha value is -2.60. The summed E-state index contributed by atoms with van der Waals surface area (Å²) in [4.78, 5) is 30.6. The summed E-state index contributed by atoms with van der Waals surface area (Å²) in [6.45, 7) is 10.6. The standard InChI is InChI=1S/C23H31N3O3/c1-15(2)29-23(28)20-16(3)21(24-17(20)4)22(27)25-19-9-7-18(8-10-19)11-14-26-12-5-6-13-26/h7-10,15,24H,5-6,11-14H2,1-4H3,(H,25,27). The molecule has 1 saturated heterocycles. The Kier molecular flexibility index (Phi) is 6.75. The number of rotatable bonds is 7. The smallest absolute Gasteiger partial charge is 0.340 e. The van der Waals surface area contributed by atoms with Gasteiger partial charge in [0.15, 0.2) is 0 Å². The van der Waals surface area contributed by atoms with Crippen molar-refractivity contribution in [2.24, 2.45) is 0 Å². The topological polar surface area (TPSA) is 74.4 Å². The second-order valence-corrected chi connectivity index (χ2v) is 8.03. The zero-order chi connectivity index (χ0) is 21.0. The highest BCUT2D eigenvalue weighted by molar-refractivity contribution is 6.06. The van der Waals surface area contributed by atoms with Gasteiger partial charge >= 0.3 is 5.97 Å². The Balaban J connectivity index is 1.63. The molecule has 3 rings (SSSR count). The first-order valence-corrected chi connectivity index (χ1v) is 10.4. The Morgan fingerprint density at radius 1 is 1.14 bits per heavy atom. The van der Waals surface area contributed by atoms with Crippen LogP contribution in [0.25, 0.3) is 0 Å². The highest BCUT2D eigenvalue weighted by atomic mass is 16.5. The summed E-state index contributed by atoms with van der Waals surface area (Å²) < 4.78 is 5.29. The minimum absolute atomic E-state index is 0.211. The average Bonchev–Trinajstić information content (AvgIpc) is 3.28. The molecule has 2 heterocycles. The number of esters is 1. The van der Waals surface area contributed by atoms with Gasteiger partial charge in [0.05, 0.1) is 11.7 Å². The molecule has 1 amide bonds. The normalized spacial score (nSPS) is 14.4. The van der Waals surface area contributed by atoms with Crippen molar-refractivity contribution in [2.75, 3.05) is 25.0 Å². The maximum atomic E-state index is 12.7. The lowest BCUT2D eigenvalue weighted by Gasteiger charge is -2.14. The summed E-state index contributed by atoms with van der Waals surface area (Å²) in [6.07, 6.45) is 3.42. The van der Waals surface area contributed by atoms with Crippen LogP contribution in [-0.4, -0.2) is 47.5 Å². The highest BCUT2D eigenvalue weighted by Gasteiger charge is 2.23. The summed E-state index contributed by atoms with van der Waals surface area (Å²) in [7, 11) is 0. The third-order valence-electron chi connectivity index (χ3n) is 5.34. The van der Waals surface area contributed by atoms with Crippen LogP contribution in [0.3, 0.4) is 0 Å². The van der Waals surface area contributed by atoms with Gasteiger partial charge < -0.3 is 19.9 Å². The van der Waals surface area contributed by atoms with E-state index in [9.17, 15) is 9.59 Å². The number of hydrogen-bond donors (Lipinski definition) is 2. The number of likely N-dealkylation sites (tertiary alicyclic amines) is 1. The van der Waals surface area contributed by atoms with Crippen molar-refractivity contribution in [3.63, 3.8) is 0 Å². The summed E-state index contributed by atoms with van der Waals surface area (Å²) in [6, 6.07) is 7.97. The van der Waals surface area contributed by atoms with Crippen LogP contribution < -0.4 is 5.32 Å². The second-order valence-electron chi connectivity index (χ2n) is 8.03.